The van der Waals surface area contributed by atoms with Crippen LogP contribution in [0.4, 0.5) is 18.9 Å². The van der Waals surface area contributed by atoms with E-state index >= 15 is 0 Å². The Kier molecular flexibility index (Phi) is 10.1. The number of nitrogens with zero attached hydrogens (tertiary/aromatic N) is 1. The van der Waals surface area contributed by atoms with Gasteiger partial charge in [0, 0.05) is 18.6 Å². The normalized spacial score (nSPS) is 10.8. The van der Waals surface area contributed by atoms with Crippen LogP contribution < -0.4 is 16.0 Å². The number of rotatable bonds is 6. The zero-order valence-corrected chi connectivity index (χ0v) is 17.9. The molecule has 0 spiro atoms. The van der Waals surface area contributed by atoms with E-state index < -0.39 is 29.0 Å². The number of anilines is 1. The first kappa shape index (κ1) is 24.0. The zero-order valence-electron chi connectivity index (χ0n) is 14.9. The molecule has 0 aliphatic carbocycles. The van der Waals surface area contributed by atoms with Crippen LogP contribution >= 0.6 is 35.6 Å². The van der Waals surface area contributed by atoms with Gasteiger partial charge in [0.1, 0.15) is 0 Å². The van der Waals surface area contributed by atoms with Crippen LogP contribution in [0.25, 0.3) is 0 Å². The second kappa shape index (κ2) is 11.7. The van der Waals surface area contributed by atoms with Gasteiger partial charge in [0.2, 0.25) is 5.91 Å². The van der Waals surface area contributed by atoms with Crippen LogP contribution in [-0.4, -0.2) is 32.0 Å². The van der Waals surface area contributed by atoms with Gasteiger partial charge in [0.15, 0.2) is 23.4 Å². The van der Waals surface area contributed by atoms with E-state index in [1.165, 1.54) is 7.05 Å². The number of amides is 1. The van der Waals surface area contributed by atoms with Gasteiger partial charge in [-0.2, -0.15) is 0 Å². The lowest BCUT2D eigenvalue weighted by Gasteiger charge is -2.12. The molecule has 0 aromatic heterocycles. The minimum Gasteiger partial charge on any atom is -0.356 e. The first-order valence-electron chi connectivity index (χ1n) is 8.03. The Balaban J connectivity index is 0.00000392. The molecule has 0 bridgehead atoms. The molecule has 2 rings (SSSR count). The maximum Gasteiger partial charge on any atom is 0.243 e. The van der Waals surface area contributed by atoms with Gasteiger partial charge in [-0.05, 0) is 36.2 Å². The fourth-order valence-corrected chi connectivity index (χ4v) is 2.43. The van der Waals surface area contributed by atoms with Crippen LogP contribution in [0.2, 0.25) is 5.02 Å². The number of benzene rings is 2. The fourth-order valence-electron chi connectivity index (χ4n) is 2.22. The van der Waals surface area contributed by atoms with Crippen molar-refractivity contribution in [2.45, 2.75) is 6.42 Å². The highest BCUT2D eigenvalue weighted by Gasteiger charge is 2.15. The maximum atomic E-state index is 13.5. The van der Waals surface area contributed by atoms with Gasteiger partial charge in [-0.15, -0.1) is 24.0 Å². The Labute approximate surface area is 182 Å². The summed E-state index contributed by atoms with van der Waals surface area (Å²) in [4.78, 5) is 15.8. The number of guanidine groups is 1. The number of hydrogen-bond donors (Lipinski definition) is 3. The van der Waals surface area contributed by atoms with Crippen molar-refractivity contribution in [1.82, 2.24) is 10.6 Å². The molecule has 0 unspecified atom stereocenters. The smallest absolute Gasteiger partial charge is 0.243 e. The standard InChI is InChI=1S/C18H18ClF3N4O.HI/c1-23-18(24-8-7-11-3-2-4-12(19)9-11)25-10-15(27)26-14-6-5-13(20)16(21)17(14)22;/h2-6,9H,7-8,10H2,1H3,(H,26,27)(H2,23,24,25);1H. The summed E-state index contributed by atoms with van der Waals surface area (Å²) in [6.07, 6.45) is 0.688. The zero-order chi connectivity index (χ0) is 19.8. The minimum atomic E-state index is -1.64. The fraction of sp³-hybridized carbons (Fsp3) is 0.222. The lowest BCUT2D eigenvalue weighted by molar-refractivity contribution is -0.115. The molecule has 0 radical (unpaired) electrons. The third-order valence-electron chi connectivity index (χ3n) is 3.54. The van der Waals surface area contributed by atoms with Gasteiger partial charge in [0.25, 0.3) is 0 Å². The number of carbonyl (C=O) groups excluding carboxylic acids is 1. The molecular formula is C18H19ClF3IN4O. The summed E-state index contributed by atoms with van der Waals surface area (Å²) < 4.78 is 39.6. The summed E-state index contributed by atoms with van der Waals surface area (Å²) in [7, 11) is 1.53. The molecule has 0 saturated heterocycles. The highest BCUT2D eigenvalue weighted by molar-refractivity contribution is 14.0. The third-order valence-corrected chi connectivity index (χ3v) is 3.78. The molecule has 0 atom stereocenters. The second-order valence-electron chi connectivity index (χ2n) is 5.50. The molecule has 0 saturated carbocycles. The molecule has 28 heavy (non-hydrogen) atoms. The molecule has 5 nitrogen and oxygen atoms in total. The monoisotopic (exact) mass is 526 g/mol. The Morgan fingerprint density at radius 3 is 2.54 bits per heavy atom. The summed E-state index contributed by atoms with van der Waals surface area (Å²) in [6, 6.07) is 9.11. The first-order chi connectivity index (χ1) is 12.9. The third kappa shape index (κ3) is 7.19. The lowest BCUT2D eigenvalue weighted by Crippen LogP contribution is -2.42. The van der Waals surface area contributed by atoms with Crippen molar-refractivity contribution in [3.63, 3.8) is 0 Å². The summed E-state index contributed by atoms with van der Waals surface area (Å²) in [5.74, 6) is -4.70. The van der Waals surface area contributed by atoms with Gasteiger partial charge < -0.3 is 16.0 Å². The van der Waals surface area contributed by atoms with Crippen molar-refractivity contribution >= 4 is 53.1 Å². The number of aliphatic imine (C=N–C) groups is 1. The van der Waals surface area contributed by atoms with Crippen molar-refractivity contribution in [3.05, 3.63) is 64.4 Å². The molecule has 0 fully saturated rings. The van der Waals surface area contributed by atoms with Crippen LogP contribution in [0, 0.1) is 17.5 Å². The van der Waals surface area contributed by atoms with Crippen LogP contribution in [0.5, 0.6) is 0 Å². The van der Waals surface area contributed by atoms with Crippen LogP contribution in [0.15, 0.2) is 41.4 Å². The summed E-state index contributed by atoms with van der Waals surface area (Å²) in [6.45, 7) is 0.300. The molecule has 0 heterocycles. The number of nitrogens with one attached hydrogen (secondary N) is 3. The van der Waals surface area contributed by atoms with E-state index in [2.05, 4.69) is 20.9 Å². The molecule has 2 aromatic rings. The van der Waals surface area contributed by atoms with Gasteiger partial charge in [-0.25, -0.2) is 13.2 Å². The lowest BCUT2D eigenvalue weighted by atomic mass is 10.1. The van der Waals surface area contributed by atoms with E-state index in [1.807, 2.05) is 18.2 Å². The van der Waals surface area contributed by atoms with E-state index in [1.54, 1.807) is 6.07 Å². The highest BCUT2D eigenvalue weighted by atomic mass is 127. The van der Waals surface area contributed by atoms with Crippen molar-refractivity contribution in [2.75, 3.05) is 25.5 Å². The van der Waals surface area contributed by atoms with Crippen LogP contribution in [-0.2, 0) is 11.2 Å². The van der Waals surface area contributed by atoms with Crippen LogP contribution in [0.1, 0.15) is 5.56 Å². The number of hydrogen-bond acceptors (Lipinski definition) is 2. The SMILES string of the molecule is CN=C(NCCc1cccc(Cl)c1)NCC(=O)Nc1ccc(F)c(F)c1F.I. The average molecular weight is 527 g/mol. The van der Waals surface area contributed by atoms with E-state index in [0.717, 1.165) is 17.7 Å². The maximum absolute atomic E-state index is 13.5. The molecule has 0 aliphatic heterocycles. The van der Waals surface area contributed by atoms with Crippen molar-refractivity contribution < 1.29 is 18.0 Å². The summed E-state index contributed by atoms with van der Waals surface area (Å²) >= 11 is 5.92. The van der Waals surface area contributed by atoms with Crippen molar-refractivity contribution in [2.24, 2.45) is 4.99 Å². The predicted octanol–water partition coefficient (Wildman–Crippen LogP) is 3.72. The average Bonchev–Trinajstić information content (AvgIpc) is 2.65. The number of halogens is 5. The van der Waals surface area contributed by atoms with E-state index in [4.69, 9.17) is 11.6 Å². The second-order valence-corrected chi connectivity index (χ2v) is 5.94. The first-order valence-corrected chi connectivity index (χ1v) is 8.41. The quantitative estimate of drug-likeness (QED) is 0.233. The van der Waals surface area contributed by atoms with Crippen LogP contribution in [0.3, 0.4) is 0 Å². The largest absolute Gasteiger partial charge is 0.356 e. The summed E-state index contributed by atoms with van der Waals surface area (Å²) in [5, 5.41) is 8.57. The molecular weight excluding hydrogens is 508 g/mol. The number of carbonyl (C=O) groups is 1. The molecule has 10 heteroatoms. The predicted molar refractivity (Wildman–Crippen MR) is 115 cm³/mol. The van der Waals surface area contributed by atoms with Crippen molar-refractivity contribution in [3.8, 4) is 0 Å². The Morgan fingerprint density at radius 1 is 1.11 bits per heavy atom. The van der Waals surface area contributed by atoms with E-state index in [0.29, 0.717) is 23.9 Å². The molecule has 3 N–H and O–H groups in total. The van der Waals surface area contributed by atoms with Gasteiger partial charge in [-0.1, -0.05) is 23.7 Å². The minimum absolute atomic E-state index is 0. The van der Waals surface area contributed by atoms with Gasteiger partial charge >= 0.3 is 0 Å². The topological polar surface area (TPSA) is 65.5 Å². The van der Waals surface area contributed by atoms with Gasteiger partial charge in [0.05, 0.1) is 12.2 Å². The van der Waals surface area contributed by atoms with Gasteiger partial charge in [-0.3, -0.25) is 9.79 Å². The summed E-state index contributed by atoms with van der Waals surface area (Å²) in [5.41, 5.74) is 0.599. The molecule has 152 valence electrons. The molecule has 1 amide bonds. The molecule has 2 aromatic carbocycles. The molecule has 0 aliphatic rings. The Hall–Kier alpha value is -2.01. The Morgan fingerprint density at radius 2 is 1.86 bits per heavy atom. The van der Waals surface area contributed by atoms with E-state index in [9.17, 15) is 18.0 Å². The highest BCUT2D eigenvalue weighted by Crippen LogP contribution is 2.19. The van der Waals surface area contributed by atoms with Crippen molar-refractivity contribution in [1.29, 1.82) is 0 Å². The Bertz CT molecular complexity index is 852. The van der Waals surface area contributed by atoms with E-state index in [-0.39, 0.29) is 30.5 Å².